The quantitative estimate of drug-likeness (QED) is 0.479. The topological polar surface area (TPSA) is 145 Å². The third-order valence-corrected chi connectivity index (χ3v) is 3.89. The van der Waals surface area contributed by atoms with Gasteiger partial charge in [-0.05, 0) is 30.3 Å². The highest BCUT2D eigenvalue weighted by Crippen LogP contribution is 2.31. The largest absolute Gasteiger partial charge is 0.494 e. The molecule has 1 aromatic heterocycles. The molecule has 0 unspecified atom stereocenters. The molecule has 3 aromatic rings. The molecule has 0 atom stereocenters. The molecule has 1 heterocycles. The summed E-state index contributed by atoms with van der Waals surface area (Å²) in [4.78, 5) is 30.8. The van der Waals surface area contributed by atoms with Crippen molar-refractivity contribution in [1.82, 2.24) is 9.97 Å². The molecule has 3 rings (SSSR count). The Balaban J connectivity index is 1.91. The number of para-hydroxylation sites is 1. The summed E-state index contributed by atoms with van der Waals surface area (Å²) in [5, 5.41) is 5.64. The molecule has 0 saturated carbocycles. The van der Waals surface area contributed by atoms with Crippen LogP contribution >= 0.6 is 0 Å². The number of ether oxygens (including phenoxy) is 1. The molecule has 2 aromatic carbocycles. The molecule has 0 aliphatic rings. The van der Waals surface area contributed by atoms with E-state index in [0.717, 1.165) is 6.20 Å². The lowest BCUT2D eigenvalue weighted by Gasteiger charge is -2.14. The van der Waals surface area contributed by atoms with E-state index in [9.17, 15) is 14.0 Å². The first-order chi connectivity index (χ1) is 13.9. The monoisotopic (exact) mass is 396 g/mol. The van der Waals surface area contributed by atoms with Gasteiger partial charge in [0.15, 0.2) is 17.4 Å². The predicted octanol–water partition coefficient (Wildman–Crippen LogP) is 2.31. The molecule has 148 valence electrons. The SMILES string of the molecule is COc1c(Nc2nc(Nc3cccc(C(N)=O)c3)ncc2F)cccc1C(N)=O. The van der Waals surface area contributed by atoms with Gasteiger partial charge in [-0.3, -0.25) is 9.59 Å². The van der Waals surface area contributed by atoms with Gasteiger partial charge in [0.05, 0.1) is 24.6 Å². The number of hydrogen-bond donors (Lipinski definition) is 4. The fraction of sp³-hybridized carbons (Fsp3) is 0.0526. The maximum Gasteiger partial charge on any atom is 0.252 e. The van der Waals surface area contributed by atoms with Gasteiger partial charge in [-0.1, -0.05) is 12.1 Å². The lowest BCUT2D eigenvalue weighted by Crippen LogP contribution is -2.13. The summed E-state index contributed by atoms with van der Waals surface area (Å²) in [6.07, 6.45) is 0.972. The van der Waals surface area contributed by atoms with E-state index in [1.807, 2.05) is 0 Å². The number of hydrogen-bond acceptors (Lipinski definition) is 7. The molecule has 0 saturated heterocycles. The molecular weight excluding hydrogens is 379 g/mol. The van der Waals surface area contributed by atoms with E-state index >= 15 is 0 Å². The van der Waals surface area contributed by atoms with Crippen LogP contribution in [0.2, 0.25) is 0 Å². The Kier molecular flexibility index (Phi) is 5.54. The van der Waals surface area contributed by atoms with Gasteiger partial charge in [-0.15, -0.1) is 0 Å². The Hall–Kier alpha value is -4.21. The highest BCUT2D eigenvalue weighted by atomic mass is 19.1. The summed E-state index contributed by atoms with van der Waals surface area (Å²) in [7, 11) is 1.36. The Morgan fingerprint density at radius 1 is 1.07 bits per heavy atom. The van der Waals surface area contributed by atoms with Crippen LogP contribution in [0.3, 0.4) is 0 Å². The molecule has 6 N–H and O–H groups in total. The second-order valence-electron chi connectivity index (χ2n) is 5.84. The number of benzene rings is 2. The number of aromatic nitrogens is 2. The molecule has 0 aliphatic carbocycles. The van der Waals surface area contributed by atoms with E-state index in [1.165, 1.54) is 19.2 Å². The van der Waals surface area contributed by atoms with Crippen LogP contribution in [0, 0.1) is 5.82 Å². The second kappa shape index (κ2) is 8.21. The molecule has 0 fully saturated rings. The molecule has 10 heteroatoms. The third kappa shape index (κ3) is 4.38. The van der Waals surface area contributed by atoms with Crippen LogP contribution in [0.1, 0.15) is 20.7 Å². The molecular formula is C19H17FN6O3. The minimum atomic E-state index is -0.729. The number of halogens is 1. The summed E-state index contributed by atoms with van der Waals surface area (Å²) < 4.78 is 19.5. The molecule has 0 radical (unpaired) electrons. The first kappa shape index (κ1) is 19.5. The smallest absolute Gasteiger partial charge is 0.252 e. The number of methoxy groups -OCH3 is 1. The molecule has 0 aliphatic heterocycles. The lowest BCUT2D eigenvalue weighted by molar-refractivity contribution is 0.0990. The van der Waals surface area contributed by atoms with Crippen LogP contribution in [-0.4, -0.2) is 28.9 Å². The van der Waals surface area contributed by atoms with Crippen LogP contribution in [0.25, 0.3) is 0 Å². The summed E-state index contributed by atoms with van der Waals surface area (Å²) in [6.45, 7) is 0. The number of carbonyl (C=O) groups excluding carboxylic acids is 2. The van der Waals surface area contributed by atoms with Crippen molar-refractivity contribution in [3.05, 3.63) is 65.6 Å². The van der Waals surface area contributed by atoms with Gasteiger partial charge in [-0.2, -0.15) is 4.98 Å². The van der Waals surface area contributed by atoms with Crippen molar-refractivity contribution in [3.8, 4) is 5.75 Å². The van der Waals surface area contributed by atoms with Crippen molar-refractivity contribution in [2.45, 2.75) is 0 Å². The van der Waals surface area contributed by atoms with Crippen LogP contribution in [0.15, 0.2) is 48.7 Å². The van der Waals surface area contributed by atoms with Crippen molar-refractivity contribution < 1.29 is 18.7 Å². The van der Waals surface area contributed by atoms with Crippen LogP contribution < -0.4 is 26.8 Å². The third-order valence-electron chi connectivity index (χ3n) is 3.89. The standard InChI is InChI=1S/C19H17FN6O3/c1-29-15-12(17(22)28)6-3-7-14(15)25-18-13(20)9-23-19(26-18)24-11-5-2-4-10(8-11)16(21)27/h2-9H,1H3,(H2,21,27)(H2,22,28)(H2,23,24,25,26). The van der Waals surface area contributed by atoms with Crippen molar-refractivity contribution in [2.24, 2.45) is 11.5 Å². The average Bonchev–Trinajstić information content (AvgIpc) is 2.70. The highest BCUT2D eigenvalue weighted by Gasteiger charge is 2.16. The number of anilines is 4. The number of nitrogens with one attached hydrogen (secondary N) is 2. The van der Waals surface area contributed by atoms with E-state index in [0.29, 0.717) is 16.9 Å². The number of rotatable bonds is 7. The van der Waals surface area contributed by atoms with E-state index in [1.54, 1.807) is 30.3 Å². The fourth-order valence-corrected chi connectivity index (χ4v) is 2.57. The summed E-state index contributed by atoms with van der Waals surface area (Å²) in [5.74, 6) is -1.94. The van der Waals surface area contributed by atoms with Crippen LogP contribution in [-0.2, 0) is 0 Å². The number of nitrogens with zero attached hydrogens (tertiary/aromatic N) is 2. The highest BCUT2D eigenvalue weighted by molar-refractivity contribution is 5.98. The Bertz CT molecular complexity index is 1090. The molecule has 29 heavy (non-hydrogen) atoms. The first-order valence-corrected chi connectivity index (χ1v) is 8.32. The number of nitrogens with two attached hydrogens (primary N) is 2. The minimum absolute atomic E-state index is 0.0699. The number of primary amides is 2. The lowest BCUT2D eigenvalue weighted by atomic mass is 10.1. The number of amides is 2. The Morgan fingerprint density at radius 2 is 1.83 bits per heavy atom. The molecule has 9 nitrogen and oxygen atoms in total. The average molecular weight is 396 g/mol. The predicted molar refractivity (Wildman–Crippen MR) is 105 cm³/mol. The molecule has 0 bridgehead atoms. The maximum atomic E-state index is 14.2. The van der Waals surface area contributed by atoms with Gasteiger partial charge in [0, 0.05) is 11.3 Å². The van der Waals surface area contributed by atoms with Gasteiger partial charge in [0.1, 0.15) is 0 Å². The first-order valence-electron chi connectivity index (χ1n) is 8.32. The second-order valence-corrected chi connectivity index (χ2v) is 5.84. The maximum absolute atomic E-state index is 14.2. The van der Waals surface area contributed by atoms with Gasteiger partial charge < -0.3 is 26.8 Å². The van der Waals surface area contributed by atoms with Gasteiger partial charge in [-0.25, -0.2) is 9.37 Å². The van der Waals surface area contributed by atoms with E-state index in [2.05, 4.69) is 20.6 Å². The molecule has 0 spiro atoms. The van der Waals surface area contributed by atoms with Crippen LogP contribution in [0.5, 0.6) is 5.75 Å². The van der Waals surface area contributed by atoms with Crippen molar-refractivity contribution >= 4 is 35.0 Å². The minimum Gasteiger partial charge on any atom is -0.494 e. The number of carbonyl (C=O) groups is 2. The van der Waals surface area contributed by atoms with Crippen LogP contribution in [0.4, 0.5) is 27.5 Å². The van der Waals surface area contributed by atoms with E-state index in [-0.39, 0.29) is 23.1 Å². The zero-order valence-electron chi connectivity index (χ0n) is 15.3. The summed E-state index contributed by atoms with van der Waals surface area (Å²) in [6, 6.07) is 11.0. The van der Waals surface area contributed by atoms with Crippen molar-refractivity contribution in [2.75, 3.05) is 17.7 Å². The van der Waals surface area contributed by atoms with E-state index in [4.69, 9.17) is 16.2 Å². The Morgan fingerprint density at radius 3 is 2.52 bits per heavy atom. The summed E-state index contributed by atoms with van der Waals surface area (Å²) in [5.41, 5.74) is 11.8. The van der Waals surface area contributed by atoms with Gasteiger partial charge in [0.25, 0.3) is 5.91 Å². The molecule has 2 amide bonds. The van der Waals surface area contributed by atoms with Crippen molar-refractivity contribution in [1.29, 1.82) is 0 Å². The van der Waals surface area contributed by atoms with E-state index < -0.39 is 17.6 Å². The van der Waals surface area contributed by atoms with Gasteiger partial charge >= 0.3 is 0 Å². The zero-order valence-corrected chi connectivity index (χ0v) is 15.3. The van der Waals surface area contributed by atoms with Crippen molar-refractivity contribution in [3.63, 3.8) is 0 Å². The normalized spacial score (nSPS) is 10.3. The van der Waals surface area contributed by atoms with Gasteiger partial charge in [0.2, 0.25) is 11.9 Å². The summed E-state index contributed by atoms with van der Waals surface area (Å²) >= 11 is 0. The zero-order chi connectivity index (χ0) is 21.0. The Labute approximate surface area is 164 Å². The fourth-order valence-electron chi connectivity index (χ4n) is 2.57.